The summed E-state index contributed by atoms with van der Waals surface area (Å²) in [6.45, 7) is 5.35. The van der Waals surface area contributed by atoms with Gasteiger partial charge in [0.2, 0.25) is 15.9 Å². The van der Waals surface area contributed by atoms with Gasteiger partial charge in [0, 0.05) is 13.1 Å². The van der Waals surface area contributed by atoms with Gasteiger partial charge in [0.1, 0.15) is 5.92 Å². The summed E-state index contributed by atoms with van der Waals surface area (Å²) in [4.78, 5) is 12.1. The van der Waals surface area contributed by atoms with Gasteiger partial charge in [0.25, 0.3) is 0 Å². The third-order valence-electron chi connectivity index (χ3n) is 10.3. The third-order valence-corrected chi connectivity index (χ3v) is 12.3. The van der Waals surface area contributed by atoms with Gasteiger partial charge in [0.15, 0.2) is 0 Å². The predicted octanol–water partition coefficient (Wildman–Crippen LogP) is 3.36. The zero-order valence-electron chi connectivity index (χ0n) is 19.7. The van der Waals surface area contributed by atoms with Crippen molar-refractivity contribution in [2.45, 2.75) is 64.2 Å². The lowest BCUT2D eigenvalue weighted by Crippen LogP contribution is -2.51. The zero-order valence-corrected chi connectivity index (χ0v) is 20.5. The maximum atomic E-state index is 13.8. The molecule has 4 aliphatic rings. The third kappa shape index (κ3) is 3.20. The second kappa shape index (κ2) is 7.55. The Labute approximate surface area is 197 Å². The van der Waals surface area contributed by atoms with E-state index in [0.717, 1.165) is 38.5 Å². The first-order chi connectivity index (χ1) is 15.6. The number of hydrogen-bond donors (Lipinski definition) is 1. The Morgan fingerprint density at radius 3 is 2.55 bits per heavy atom. The van der Waals surface area contributed by atoms with Crippen LogP contribution in [-0.2, 0) is 26.7 Å². The van der Waals surface area contributed by atoms with Crippen molar-refractivity contribution in [3.05, 3.63) is 35.4 Å². The molecule has 1 aliphatic heterocycles. The number of nitriles is 1. The Bertz CT molecular complexity index is 1110. The minimum absolute atomic E-state index is 0.0171. The molecule has 1 spiro atoms. The molecule has 2 bridgehead atoms. The highest BCUT2D eigenvalue weighted by molar-refractivity contribution is 7.89. The van der Waals surface area contributed by atoms with Crippen LogP contribution in [0.15, 0.2) is 24.3 Å². The summed E-state index contributed by atoms with van der Waals surface area (Å²) in [5, 5.41) is 9.70. The highest BCUT2D eigenvalue weighted by Crippen LogP contribution is 2.70. The summed E-state index contributed by atoms with van der Waals surface area (Å²) >= 11 is 0. The molecule has 1 heterocycles. The number of sulfonamides is 1. The Kier molecular flexibility index (Phi) is 5.23. The second-order valence-corrected chi connectivity index (χ2v) is 13.5. The molecule has 2 saturated carbocycles. The number of primary amides is 1. The number of benzene rings is 1. The molecule has 5 rings (SSSR count). The van der Waals surface area contributed by atoms with Crippen LogP contribution in [0.4, 0.5) is 0 Å². The molecule has 3 fully saturated rings. The van der Waals surface area contributed by atoms with Crippen molar-refractivity contribution in [1.29, 1.82) is 5.26 Å². The quantitative estimate of drug-likeness (QED) is 0.714. The SMILES string of the molecule is CC1(C)C2CCC1(CS(=O)(=O)N1CCC3(CCc4ccccc43)CC1)C(C(C#N)C(N)=O)C2. The fourth-order valence-corrected chi connectivity index (χ4v) is 10.5. The fraction of sp³-hybridized carbons (Fsp3) is 0.692. The number of rotatable bonds is 5. The van der Waals surface area contributed by atoms with E-state index in [-0.39, 0.29) is 22.5 Å². The molecule has 6 nitrogen and oxygen atoms in total. The van der Waals surface area contributed by atoms with Crippen LogP contribution < -0.4 is 5.73 Å². The number of aryl methyl sites for hydroxylation is 1. The number of nitrogens with zero attached hydrogens (tertiary/aromatic N) is 2. The molecule has 0 aromatic heterocycles. The molecule has 1 amide bonds. The second-order valence-electron chi connectivity index (χ2n) is 11.6. The van der Waals surface area contributed by atoms with Crippen molar-refractivity contribution in [2.24, 2.45) is 34.3 Å². The van der Waals surface area contributed by atoms with Crippen LogP contribution in [0.1, 0.15) is 63.5 Å². The topological polar surface area (TPSA) is 104 Å². The monoisotopic (exact) mass is 469 g/mol. The van der Waals surface area contributed by atoms with E-state index in [9.17, 15) is 18.5 Å². The molecule has 0 radical (unpaired) electrons. The number of carbonyl (C=O) groups is 1. The average molecular weight is 470 g/mol. The standard InChI is InChI=1S/C26H35N3O3S/c1-24(2)19-8-10-26(24,22(15-19)20(16-27)23(28)30)17-33(31,32)29-13-11-25(12-14-29)9-7-18-5-3-4-6-21(18)25/h3-6,19-20,22H,7-15,17H2,1-2H3,(H2,28,30). The molecule has 33 heavy (non-hydrogen) atoms. The number of amides is 1. The molecule has 3 aliphatic carbocycles. The predicted molar refractivity (Wildman–Crippen MR) is 126 cm³/mol. The lowest BCUT2D eigenvalue weighted by molar-refractivity contribution is -0.123. The molecular formula is C26H35N3O3S. The van der Waals surface area contributed by atoms with Gasteiger partial charge in [-0.05, 0) is 84.2 Å². The Balaban J connectivity index is 1.39. The van der Waals surface area contributed by atoms with Gasteiger partial charge in [-0.1, -0.05) is 38.1 Å². The molecule has 178 valence electrons. The molecule has 4 atom stereocenters. The minimum atomic E-state index is -3.53. The maximum Gasteiger partial charge on any atom is 0.235 e. The summed E-state index contributed by atoms with van der Waals surface area (Å²) < 4.78 is 29.3. The summed E-state index contributed by atoms with van der Waals surface area (Å²) in [6, 6.07) is 10.7. The van der Waals surface area contributed by atoms with Gasteiger partial charge in [-0.25, -0.2) is 12.7 Å². The van der Waals surface area contributed by atoms with Crippen LogP contribution in [0, 0.1) is 39.9 Å². The Morgan fingerprint density at radius 1 is 1.21 bits per heavy atom. The summed E-state index contributed by atoms with van der Waals surface area (Å²) in [7, 11) is -3.53. The molecule has 7 heteroatoms. The Morgan fingerprint density at radius 2 is 1.91 bits per heavy atom. The highest BCUT2D eigenvalue weighted by Gasteiger charge is 2.67. The molecule has 1 saturated heterocycles. The number of piperidine rings is 1. The van der Waals surface area contributed by atoms with Crippen molar-refractivity contribution in [1.82, 2.24) is 4.31 Å². The zero-order chi connectivity index (χ0) is 23.6. The van der Waals surface area contributed by atoms with Gasteiger partial charge >= 0.3 is 0 Å². The van der Waals surface area contributed by atoms with Crippen LogP contribution >= 0.6 is 0 Å². The number of fused-ring (bicyclic) bond motifs is 4. The van der Waals surface area contributed by atoms with Gasteiger partial charge < -0.3 is 5.73 Å². The van der Waals surface area contributed by atoms with Crippen LogP contribution in [0.25, 0.3) is 0 Å². The van der Waals surface area contributed by atoms with E-state index in [1.54, 1.807) is 4.31 Å². The maximum absolute atomic E-state index is 13.8. The number of carbonyl (C=O) groups excluding carboxylic acids is 1. The summed E-state index contributed by atoms with van der Waals surface area (Å²) in [6.07, 6.45) is 6.29. The van der Waals surface area contributed by atoms with Crippen molar-refractivity contribution in [2.75, 3.05) is 18.8 Å². The van der Waals surface area contributed by atoms with Crippen molar-refractivity contribution < 1.29 is 13.2 Å². The van der Waals surface area contributed by atoms with E-state index >= 15 is 0 Å². The van der Waals surface area contributed by atoms with Crippen LogP contribution in [0.3, 0.4) is 0 Å². The Hall–Kier alpha value is -1.91. The first kappa shape index (κ1) is 22.9. The molecule has 1 aromatic rings. The van der Waals surface area contributed by atoms with Crippen LogP contribution in [-0.4, -0.2) is 37.5 Å². The van der Waals surface area contributed by atoms with Gasteiger partial charge in [-0.15, -0.1) is 0 Å². The van der Waals surface area contributed by atoms with E-state index in [1.807, 2.05) is 0 Å². The lowest BCUT2D eigenvalue weighted by Gasteiger charge is -2.45. The fourth-order valence-electron chi connectivity index (χ4n) is 8.19. The molecule has 1 aromatic carbocycles. The smallest absolute Gasteiger partial charge is 0.235 e. The van der Waals surface area contributed by atoms with Crippen molar-refractivity contribution in [3.8, 4) is 6.07 Å². The average Bonchev–Trinajstić information content (AvgIpc) is 3.31. The number of hydrogen-bond acceptors (Lipinski definition) is 4. The highest BCUT2D eigenvalue weighted by atomic mass is 32.2. The van der Waals surface area contributed by atoms with E-state index < -0.39 is 27.3 Å². The summed E-state index contributed by atoms with van der Waals surface area (Å²) in [5.41, 5.74) is 7.70. The van der Waals surface area contributed by atoms with Gasteiger partial charge in [0.05, 0.1) is 11.8 Å². The first-order valence-electron chi connectivity index (χ1n) is 12.3. The van der Waals surface area contributed by atoms with Crippen LogP contribution in [0.5, 0.6) is 0 Å². The van der Waals surface area contributed by atoms with Crippen LogP contribution in [0.2, 0.25) is 0 Å². The lowest BCUT2D eigenvalue weighted by atomic mass is 9.63. The van der Waals surface area contributed by atoms with E-state index in [2.05, 4.69) is 44.2 Å². The van der Waals surface area contributed by atoms with Gasteiger partial charge in [-0.2, -0.15) is 5.26 Å². The molecular weight excluding hydrogens is 434 g/mol. The van der Waals surface area contributed by atoms with Gasteiger partial charge in [-0.3, -0.25) is 4.79 Å². The van der Waals surface area contributed by atoms with Crippen molar-refractivity contribution >= 4 is 15.9 Å². The normalized spacial score (nSPS) is 33.0. The number of nitrogens with two attached hydrogens (primary N) is 1. The molecule has 2 N–H and O–H groups in total. The van der Waals surface area contributed by atoms with Crippen molar-refractivity contribution in [3.63, 3.8) is 0 Å². The molecule has 4 unspecified atom stereocenters. The minimum Gasteiger partial charge on any atom is -0.369 e. The largest absolute Gasteiger partial charge is 0.369 e. The van der Waals surface area contributed by atoms with E-state index in [1.165, 1.54) is 11.1 Å². The van der Waals surface area contributed by atoms with E-state index in [0.29, 0.717) is 25.4 Å². The van der Waals surface area contributed by atoms with E-state index in [4.69, 9.17) is 5.73 Å². The first-order valence-corrected chi connectivity index (χ1v) is 13.9. The summed E-state index contributed by atoms with van der Waals surface area (Å²) in [5.74, 6) is -1.50.